The molecule has 1 fully saturated rings. The molecular weight excluding hydrogens is 366 g/mol. The van der Waals surface area contributed by atoms with Crippen molar-refractivity contribution in [2.24, 2.45) is 0 Å². The Labute approximate surface area is 141 Å². The first-order valence-electron chi connectivity index (χ1n) is 6.96. The lowest BCUT2D eigenvalue weighted by Gasteiger charge is -2.34. The van der Waals surface area contributed by atoms with Crippen molar-refractivity contribution in [1.29, 1.82) is 0 Å². The number of hydrogen-bond acceptors (Lipinski definition) is 5. The first-order chi connectivity index (χ1) is 10.7. The van der Waals surface area contributed by atoms with E-state index in [2.05, 4.69) is 25.8 Å². The van der Waals surface area contributed by atoms with Crippen LogP contribution in [0.15, 0.2) is 34.2 Å². The lowest BCUT2D eigenvalue weighted by Crippen LogP contribution is -2.48. The quantitative estimate of drug-likeness (QED) is 0.819. The number of halogens is 1. The molecule has 3 rings (SSSR count). The van der Waals surface area contributed by atoms with E-state index in [1.807, 2.05) is 28.6 Å². The number of methoxy groups -OCH3 is 1. The summed E-state index contributed by atoms with van der Waals surface area (Å²) in [5, 5.41) is 3.00. The third kappa shape index (κ3) is 3.10. The number of carbonyl (C=O) groups excluding carboxylic acids is 1. The highest BCUT2D eigenvalue weighted by atomic mass is 79.9. The normalized spacial score (nSPS) is 15.0. The van der Waals surface area contributed by atoms with Gasteiger partial charge in [-0.2, -0.15) is 0 Å². The van der Waals surface area contributed by atoms with E-state index in [0.717, 1.165) is 22.7 Å². The number of benzene rings is 1. The molecule has 1 aromatic heterocycles. The van der Waals surface area contributed by atoms with Gasteiger partial charge in [-0.3, -0.25) is 4.79 Å². The zero-order valence-electron chi connectivity index (χ0n) is 12.2. The molecule has 2 aromatic rings. The van der Waals surface area contributed by atoms with E-state index >= 15 is 0 Å². The molecule has 0 bridgehead atoms. The Hall–Kier alpha value is -1.60. The minimum atomic E-state index is 0.0320. The molecule has 1 aliphatic rings. The van der Waals surface area contributed by atoms with Crippen LogP contribution in [0.2, 0.25) is 0 Å². The summed E-state index contributed by atoms with van der Waals surface area (Å²) in [6, 6.07) is 5.46. The topological polar surface area (TPSA) is 45.7 Å². The number of hydrogen-bond donors (Lipinski definition) is 0. The molecule has 0 unspecified atom stereocenters. The molecule has 0 N–H and O–H groups in total. The van der Waals surface area contributed by atoms with E-state index in [-0.39, 0.29) is 5.91 Å². The smallest absolute Gasteiger partial charge is 0.255 e. The molecule has 0 atom stereocenters. The van der Waals surface area contributed by atoms with E-state index < -0.39 is 0 Å². The van der Waals surface area contributed by atoms with Crippen molar-refractivity contribution in [3.63, 3.8) is 0 Å². The first-order valence-corrected chi connectivity index (χ1v) is 8.63. The summed E-state index contributed by atoms with van der Waals surface area (Å²) >= 11 is 5.08. The summed E-state index contributed by atoms with van der Waals surface area (Å²) in [6.45, 7) is 3.01. The highest BCUT2D eigenvalue weighted by molar-refractivity contribution is 9.10. The van der Waals surface area contributed by atoms with Gasteiger partial charge in [0.25, 0.3) is 5.91 Å². The maximum absolute atomic E-state index is 12.7. The van der Waals surface area contributed by atoms with Gasteiger partial charge in [-0.1, -0.05) is 0 Å². The summed E-state index contributed by atoms with van der Waals surface area (Å²) in [5.74, 6) is 0.720. The fourth-order valence-electron chi connectivity index (χ4n) is 2.44. The third-order valence-corrected chi connectivity index (χ3v) is 5.18. The fraction of sp³-hybridized carbons (Fsp3) is 0.333. The van der Waals surface area contributed by atoms with Crippen molar-refractivity contribution in [2.75, 3.05) is 38.2 Å². The minimum Gasteiger partial charge on any atom is -0.497 e. The number of rotatable bonds is 3. The molecule has 5 nitrogen and oxygen atoms in total. The van der Waals surface area contributed by atoms with E-state index in [1.165, 1.54) is 0 Å². The first kappa shape index (κ1) is 15.3. The van der Waals surface area contributed by atoms with Gasteiger partial charge in [0.05, 0.1) is 12.7 Å². The Balaban J connectivity index is 1.69. The largest absolute Gasteiger partial charge is 0.497 e. The molecule has 7 heteroatoms. The van der Waals surface area contributed by atoms with E-state index in [4.69, 9.17) is 4.74 Å². The number of piperazine rings is 1. The van der Waals surface area contributed by atoms with E-state index in [1.54, 1.807) is 24.5 Å². The van der Waals surface area contributed by atoms with E-state index in [9.17, 15) is 4.79 Å². The second-order valence-corrected chi connectivity index (χ2v) is 6.67. The van der Waals surface area contributed by atoms with Gasteiger partial charge in [0.2, 0.25) is 0 Å². The second kappa shape index (κ2) is 6.66. The second-order valence-electron chi connectivity index (χ2n) is 4.94. The van der Waals surface area contributed by atoms with Gasteiger partial charge in [0.1, 0.15) is 5.75 Å². The zero-order valence-corrected chi connectivity index (χ0v) is 14.6. The Kier molecular flexibility index (Phi) is 4.63. The van der Waals surface area contributed by atoms with Gasteiger partial charge in [-0.25, -0.2) is 4.98 Å². The van der Waals surface area contributed by atoms with Gasteiger partial charge < -0.3 is 14.5 Å². The summed E-state index contributed by atoms with van der Waals surface area (Å²) in [4.78, 5) is 21.1. The molecule has 22 heavy (non-hydrogen) atoms. The number of anilines is 1. The molecule has 1 amide bonds. The molecule has 0 spiro atoms. The van der Waals surface area contributed by atoms with Crippen molar-refractivity contribution in [2.45, 2.75) is 0 Å². The Morgan fingerprint density at radius 2 is 2.09 bits per heavy atom. The summed E-state index contributed by atoms with van der Waals surface area (Å²) in [7, 11) is 1.60. The predicted octanol–water partition coefficient (Wildman–Crippen LogP) is 2.88. The summed E-state index contributed by atoms with van der Waals surface area (Å²) in [6.07, 6.45) is 1.81. The molecule has 0 saturated carbocycles. The van der Waals surface area contributed by atoms with Crippen LogP contribution in [-0.2, 0) is 0 Å². The molecule has 1 aliphatic heterocycles. The number of carbonyl (C=O) groups is 1. The minimum absolute atomic E-state index is 0.0320. The maximum Gasteiger partial charge on any atom is 0.255 e. The third-order valence-electron chi connectivity index (χ3n) is 3.66. The number of thiazole rings is 1. The molecule has 1 aromatic carbocycles. The van der Waals surface area contributed by atoms with Crippen LogP contribution in [0.4, 0.5) is 5.13 Å². The van der Waals surface area contributed by atoms with Gasteiger partial charge in [-0.05, 0) is 34.1 Å². The van der Waals surface area contributed by atoms with Gasteiger partial charge in [-0.15, -0.1) is 11.3 Å². The Bertz CT molecular complexity index is 655. The SMILES string of the molecule is COc1ccc(Br)c(C(=O)N2CCN(c3nccs3)CC2)c1. The average Bonchev–Trinajstić information content (AvgIpc) is 3.09. The van der Waals surface area contributed by atoms with Crippen LogP contribution >= 0.6 is 27.3 Å². The Morgan fingerprint density at radius 1 is 1.32 bits per heavy atom. The standard InChI is InChI=1S/C15H16BrN3O2S/c1-21-11-2-3-13(16)12(10-11)14(20)18-5-7-19(8-6-18)15-17-4-9-22-15/h2-4,9-10H,5-8H2,1H3. The number of nitrogens with zero attached hydrogens (tertiary/aromatic N) is 3. The monoisotopic (exact) mass is 381 g/mol. The van der Waals surface area contributed by atoms with Crippen molar-refractivity contribution < 1.29 is 9.53 Å². The number of amides is 1. The number of ether oxygens (including phenoxy) is 1. The highest BCUT2D eigenvalue weighted by Crippen LogP contribution is 2.25. The van der Waals surface area contributed by atoms with Crippen molar-refractivity contribution in [3.05, 3.63) is 39.8 Å². The van der Waals surface area contributed by atoms with Gasteiger partial charge in [0.15, 0.2) is 5.13 Å². The highest BCUT2D eigenvalue weighted by Gasteiger charge is 2.24. The van der Waals surface area contributed by atoms with Crippen LogP contribution < -0.4 is 9.64 Å². The maximum atomic E-state index is 12.7. The van der Waals surface area contributed by atoms with Crippen molar-refractivity contribution in [3.8, 4) is 5.75 Å². The predicted molar refractivity (Wildman–Crippen MR) is 90.9 cm³/mol. The van der Waals surface area contributed by atoms with Crippen LogP contribution in [-0.4, -0.2) is 49.1 Å². The van der Waals surface area contributed by atoms with Crippen LogP contribution in [0.5, 0.6) is 5.75 Å². The lowest BCUT2D eigenvalue weighted by molar-refractivity contribution is 0.0745. The lowest BCUT2D eigenvalue weighted by atomic mass is 10.1. The average molecular weight is 382 g/mol. The van der Waals surface area contributed by atoms with Gasteiger partial charge in [0, 0.05) is 42.2 Å². The molecular formula is C15H16BrN3O2S. The van der Waals surface area contributed by atoms with E-state index in [0.29, 0.717) is 24.4 Å². The molecule has 0 radical (unpaired) electrons. The zero-order chi connectivity index (χ0) is 15.5. The van der Waals surface area contributed by atoms with Crippen LogP contribution in [0.1, 0.15) is 10.4 Å². The fourth-order valence-corrected chi connectivity index (χ4v) is 3.55. The Morgan fingerprint density at radius 3 is 2.73 bits per heavy atom. The molecule has 116 valence electrons. The van der Waals surface area contributed by atoms with Crippen LogP contribution in [0, 0.1) is 0 Å². The van der Waals surface area contributed by atoms with Crippen LogP contribution in [0.3, 0.4) is 0 Å². The van der Waals surface area contributed by atoms with Crippen LogP contribution in [0.25, 0.3) is 0 Å². The van der Waals surface area contributed by atoms with Crippen molar-refractivity contribution >= 4 is 38.3 Å². The molecule has 0 aliphatic carbocycles. The summed E-state index contributed by atoms with van der Waals surface area (Å²) < 4.78 is 6.00. The number of aromatic nitrogens is 1. The molecule has 1 saturated heterocycles. The summed E-state index contributed by atoms with van der Waals surface area (Å²) in [5.41, 5.74) is 0.641. The van der Waals surface area contributed by atoms with Crippen molar-refractivity contribution in [1.82, 2.24) is 9.88 Å². The van der Waals surface area contributed by atoms with Gasteiger partial charge >= 0.3 is 0 Å². The molecule has 2 heterocycles.